The van der Waals surface area contributed by atoms with Crippen LogP contribution in [0, 0.1) is 0 Å². The molecule has 0 spiro atoms. The van der Waals surface area contributed by atoms with Crippen LogP contribution in [-0.4, -0.2) is 45.1 Å². The molecule has 0 saturated carbocycles. The van der Waals surface area contributed by atoms with E-state index in [1.54, 1.807) is 0 Å². The summed E-state index contributed by atoms with van der Waals surface area (Å²) in [6.45, 7) is 3.01. The average Bonchev–Trinajstić information content (AvgIpc) is 2.90. The van der Waals surface area contributed by atoms with Gasteiger partial charge in [-0.25, -0.2) is 4.90 Å². The summed E-state index contributed by atoms with van der Waals surface area (Å²) in [7, 11) is 0. The van der Waals surface area contributed by atoms with Gasteiger partial charge in [-0.05, 0) is 26.0 Å². The fourth-order valence-electron chi connectivity index (χ4n) is 2.96. The van der Waals surface area contributed by atoms with E-state index in [4.69, 9.17) is 11.5 Å². The van der Waals surface area contributed by atoms with Gasteiger partial charge < -0.3 is 11.5 Å². The van der Waals surface area contributed by atoms with Gasteiger partial charge in [0.15, 0.2) is 0 Å². The summed E-state index contributed by atoms with van der Waals surface area (Å²) in [6.07, 6.45) is 6.73. The molecule has 8 nitrogen and oxygen atoms in total. The van der Waals surface area contributed by atoms with Crippen LogP contribution in [-0.2, 0) is 19.2 Å². The average molecular weight is 328 g/mol. The maximum Gasteiger partial charge on any atom is 0.260 e. The van der Waals surface area contributed by atoms with Crippen molar-refractivity contribution >= 4 is 23.6 Å². The first-order valence-corrected chi connectivity index (χ1v) is 7.26. The molecular weight excluding hydrogens is 312 g/mol. The van der Waals surface area contributed by atoms with E-state index >= 15 is 0 Å². The van der Waals surface area contributed by atoms with E-state index in [2.05, 4.69) is 0 Å². The summed E-state index contributed by atoms with van der Waals surface area (Å²) in [5.74, 6) is -2.19. The van der Waals surface area contributed by atoms with Crippen LogP contribution < -0.4 is 11.5 Å². The van der Waals surface area contributed by atoms with E-state index in [-0.39, 0.29) is 16.8 Å². The van der Waals surface area contributed by atoms with Crippen LogP contribution in [0.1, 0.15) is 13.8 Å². The number of carbonyl (C=O) groups excluding carboxylic acids is 4. The van der Waals surface area contributed by atoms with Crippen molar-refractivity contribution in [2.24, 2.45) is 11.5 Å². The molecule has 3 aliphatic rings. The van der Waals surface area contributed by atoms with Gasteiger partial charge in [0.2, 0.25) is 0 Å². The Hall–Kier alpha value is -2.84. The lowest BCUT2D eigenvalue weighted by Crippen LogP contribution is -2.69. The first-order chi connectivity index (χ1) is 11.2. The Labute approximate surface area is 137 Å². The Bertz CT molecular complexity index is 820. The van der Waals surface area contributed by atoms with Crippen molar-refractivity contribution < 1.29 is 19.2 Å². The lowest BCUT2D eigenvalue weighted by Gasteiger charge is -2.43. The number of allylic oxidation sites excluding steroid dienone is 2. The van der Waals surface area contributed by atoms with E-state index in [1.165, 1.54) is 44.2 Å². The van der Waals surface area contributed by atoms with Crippen LogP contribution in [0.5, 0.6) is 0 Å². The SMILES string of the molecule is CC1=CC(=O)N(C2=CC=CC(N)(N3C(=O)C=C(C)C3=O)C2N)C1=O. The molecule has 0 fully saturated rings. The van der Waals surface area contributed by atoms with Crippen molar-refractivity contribution in [3.8, 4) is 0 Å². The number of rotatable bonds is 2. The Morgan fingerprint density at radius 3 is 2.08 bits per heavy atom. The molecule has 0 radical (unpaired) electrons. The molecule has 0 aromatic carbocycles. The molecule has 8 heteroatoms. The largest absolute Gasteiger partial charge is 0.319 e. The third-order valence-corrected chi connectivity index (χ3v) is 4.29. The normalized spacial score (nSPS) is 30.2. The molecule has 4 N–H and O–H groups in total. The quantitative estimate of drug-likeness (QED) is 0.629. The second-order valence-corrected chi connectivity index (χ2v) is 5.93. The zero-order valence-electron chi connectivity index (χ0n) is 13.1. The number of amides is 4. The number of nitrogens with two attached hydrogens (primary N) is 2. The molecule has 0 aromatic rings. The van der Waals surface area contributed by atoms with Gasteiger partial charge in [-0.3, -0.25) is 24.1 Å². The van der Waals surface area contributed by atoms with Gasteiger partial charge in [-0.15, -0.1) is 0 Å². The van der Waals surface area contributed by atoms with Gasteiger partial charge in [0.25, 0.3) is 23.6 Å². The molecule has 0 saturated heterocycles. The van der Waals surface area contributed by atoms with Gasteiger partial charge >= 0.3 is 0 Å². The molecule has 2 aliphatic heterocycles. The number of imide groups is 2. The first kappa shape index (κ1) is 16.0. The zero-order chi connectivity index (χ0) is 17.8. The van der Waals surface area contributed by atoms with E-state index in [1.807, 2.05) is 0 Å². The Balaban J connectivity index is 1.98. The summed E-state index contributed by atoms with van der Waals surface area (Å²) in [5.41, 5.74) is 11.4. The van der Waals surface area contributed by atoms with Gasteiger partial charge in [0.05, 0.1) is 11.7 Å². The molecule has 0 aromatic heterocycles. The highest BCUT2D eigenvalue weighted by atomic mass is 16.2. The molecule has 1 aliphatic carbocycles. The third-order valence-electron chi connectivity index (χ3n) is 4.29. The van der Waals surface area contributed by atoms with E-state index in [0.717, 1.165) is 9.80 Å². The minimum atomic E-state index is -1.68. The van der Waals surface area contributed by atoms with E-state index in [9.17, 15) is 19.2 Å². The number of hydrogen-bond donors (Lipinski definition) is 2. The van der Waals surface area contributed by atoms with Crippen molar-refractivity contribution in [2.75, 3.05) is 0 Å². The monoisotopic (exact) mass is 328 g/mol. The molecule has 2 heterocycles. The van der Waals surface area contributed by atoms with Crippen molar-refractivity contribution in [2.45, 2.75) is 25.6 Å². The Kier molecular flexibility index (Phi) is 3.40. The Morgan fingerprint density at radius 1 is 1.00 bits per heavy atom. The summed E-state index contributed by atoms with van der Waals surface area (Å²) in [6, 6.07) is -1.14. The van der Waals surface area contributed by atoms with Gasteiger partial charge in [0, 0.05) is 23.3 Å². The van der Waals surface area contributed by atoms with Crippen molar-refractivity contribution in [1.29, 1.82) is 0 Å². The lowest BCUT2D eigenvalue weighted by atomic mass is 9.91. The molecule has 24 heavy (non-hydrogen) atoms. The van der Waals surface area contributed by atoms with Crippen molar-refractivity contribution in [1.82, 2.24) is 9.80 Å². The fourth-order valence-corrected chi connectivity index (χ4v) is 2.96. The molecule has 3 rings (SSSR count). The second kappa shape index (κ2) is 5.08. The summed E-state index contributed by atoms with van der Waals surface area (Å²) in [4.78, 5) is 50.4. The predicted octanol–water partition coefficient (Wildman–Crippen LogP) is -0.947. The van der Waals surface area contributed by atoms with Crippen LogP contribution in [0.3, 0.4) is 0 Å². The van der Waals surface area contributed by atoms with Gasteiger partial charge in [-0.2, -0.15) is 0 Å². The van der Waals surface area contributed by atoms with E-state index < -0.39 is 35.3 Å². The highest BCUT2D eigenvalue weighted by Gasteiger charge is 2.50. The van der Waals surface area contributed by atoms with Crippen LogP contribution in [0.4, 0.5) is 0 Å². The predicted molar refractivity (Wildman–Crippen MR) is 83.3 cm³/mol. The molecule has 4 amide bonds. The fraction of sp³-hybridized carbons (Fsp3) is 0.250. The molecule has 0 bridgehead atoms. The van der Waals surface area contributed by atoms with Crippen LogP contribution in [0.2, 0.25) is 0 Å². The molecule has 124 valence electrons. The van der Waals surface area contributed by atoms with Gasteiger partial charge in [-0.1, -0.05) is 6.08 Å². The topological polar surface area (TPSA) is 127 Å². The van der Waals surface area contributed by atoms with E-state index in [0.29, 0.717) is 0 Å². The van der Waals surface area contributed by atoms with Crippen LogP contribution in [0.15, 0.2) is 47.2 Å². The number of hydrogen-bond acceptors (Lipinski definition) is 6. The second-order valence-electron chi connectivity index (χ2n) is 5.93. The highest BCUT2D eigenvalue weighted by Crippen LogP contribution is 2.32. The minimum Gasteiger partial charge on any atom is -0.319 e. The van der Waals surface area contributed by atoms with Crippen LogP contribution >= 0.6 is 0 Å². The number of nitrogens with zero attached hydrogens (tertiary/aromatic N) is 2. The molecule has 2 unspecified atom stereocenters. The van der Waals surface area contributed by atoms with Crippen molar-refractivity contribution in [3.05, 3.63) is 47.2 Å². The van der Waals surface area contributed by atoms with Crippen LogP contribution in [0.25, 0.3) is 0 Å². The van der Waals surface area contributed by atoms with Crippen molar-refractivity contribution in [3.63, 3.8) is 0 Å². The maximum absolute atomic E-state index is 12.3. The molecular formula is C16H16N4O4. The minimum absolute atomic E-state index is 0.133. The Morgan fingerprint density at radius 2 is 1.58 bits per heavy atom. The lowest BCUT2D eigenvalue weighted by molar-refractivity contribution is -0.143. The summed E-state index contributed by atoms with van der Waals surface area (Å²) in [5, 5.41) is 0. The highest BCUT2D eigenvalue weighted by molar-refractivity contribution is 6.18. The maximum atomic E-state index is 12.3. The third kappa shape index (κ3) is 2.00. The smallest absolute Gasteiger partial charge is 0.260 e. The zero-order valence-corrected chi connectivity index (χ0v) is 13.1. The summed E-state index contributed by atoms with van der Waals surface area (Å²) < 4.78 is 0. The number of carbonyl (C=O) groups is 4. The van der Waals surface area contributed by atoms with Gasteiger partial charge in [0.1, 0.15) is 5.66 Å². The molecule has 2 atom stereocenters. The standard InChI is InChI=1S/C16H16N4O4/c1-8-6-11(21)19(14(8)23)10-4-3-5-16(18,13(10)17)20-12(22)7-9(2)15(20)24/h3-7,13H,17-18H2,1-2H3. The first-order valence-electron chi connectivity index (χ1n) is 7.26. The summed E-state index contributed by atoms with van der Waals surface area (Å²) >= 11 is 0.